The largest absolute Gasteiger partial charge is 0.383 e. The van der Waals surface area contributed by atoms with Crippen LogP contribution in [0, 0.1) is 0 Å². The van der Waals surface area contributed by atoms with Crippen LogP contribution >= 0.6 is 0 Å². The lowest BCUT2D eigenvalue weighted by atomic mass is 10.1. The molecule has 2 N–H and O–H groups in total. The molecular weight excluding hydrogens is 270 g/mol. The highest BCUT2D eigenvalue weighted by molar-refractivity contribution is 5.98. The van der Waals surface area contributed by atoms with Crippen molar-refractivity contribution in [3.63, 3.8) is 0 Å². The summed E-state index contributed by atoms with van der Waals surface area (Å²) in [5, 5.41) is 6.14. The lowest BCUT2D eigenvalue weighted by molar-refractivity contribution is -0.115. The Hall–Kier alpha value is -1.73. The van der Waals surface area contributed by atoms with Crippen LogP contribution in [0.3, 0.4) is 0 Å². The summed E-state index contributed by atoms with van der Waals surface area (Å²) in [4.78, 5) is 22.7. The third-order valence-corrected chi connectivity index (χ3v) is 4.00. The molecule has 3 rings (SSSR count). The van der Waals surface area contributed by atoms with E-state index in [2.05, 4.69) is 25.5 Å². The normalized spacial score (nSPS) is 18.4. The molecule has 7 heteroatoms. The number of nitrogens with zero attached hydrogens (tertiary/aromatic N) is 3. The fourth-order valence-corrected chi connectivity index (χ4v) is 2.88. The summed E-state index contributed by atoms with van der Waals surface area (Å²) in [6, 6.07) is 0.421. The Bertz CT molecular complexity index is 516. The summed E-state index contributed by atoms with van der Waals surface area (Å²) in [5.74, 6) is 0.691. The number of hydrogen-bond donors (Lipinski definition) is 2. The Morgan fingerprint density at radius 2 is 2.24 bits per heavy atom. The summed E-state index contributed by atoms with van der Waals surface area (Å²) in [6.07, 6.45) is 4.20. The highest BCUT2D eigenvalue weighted by Crippen LogP contribution is 2.24. The quantitative estimate of drug-likeness (QED) is 0.805. The number of rotatable bonds is 5. The van der Waals surface area contributed by atoms with Crippen LogP contribution in [0.15, 0.2) is 6.20 Å². The van der Waals surface area contributed by atoms with Gasteiger partial charge < -0.3 is 20.3 Å². The smallest absolute Gasteiger partial charge is 0.230 e. The maximum atomic E-state index is 11.4. The molecule has 1 amide bonds. The zero-order chi connectivity index (χ0) is 14.7. The summed E-state index contributed by atoms with van der Waals surface area (Å²) >= 11 is 0. The Morgan fingerprint density at radius 3 is 3.00 bits per heavy atom. The van der Waals surface area contributed by atoms with E-state index in [9.17, 15) is 4.79 Å². The Labute approximate surface area is 124 Å². The SMILES string of the molecule is COCCN(c1ncc2c(n1)CC(=O)N2)C1CCNCC1. The molecule has 114 valence electrons. The molecule has 0 spiro atoms. The molecule has 0 unspecified atom stereocenters. The Balaban J connectivity index is 1.82. The molecule has 0 bridgehead atoms. The lowest BCUT2D eigenvalue weighted by Gasteiger charge is -2.34. The van der Waals surface area contributed by atoms with Crippen molar-refractivity contribution in [3.8, 4) is 0 Å². The van der Waals surface area contributed by atoms with E-state index in [-0.39, 0.29) is 5.91 Å². The number of carbonyl (C=O) groups excluding carboxylic acids is 1. The maximum absolute atomic E-state index is 11.4. The van der Waals surface area contributed by atoms with Gasteiger partial charge >= 0.3 is 0 Å². The van der Waals surface area contributed by atoms with E-state index in [1.54, 1.807) is 13.3 Å². The van der Waals surface area contributed by atoms with E-state index in [1.807, 2.05) is 0 Å². The summed E-state index contributed by atoms with van der Waals surface area (Å²) in [6.45, 7) is 3.43. The fraction of sp³-hybridized carbons (Fsp3) is 0.643. The van der Waals surface area contributed by atoms with Crippen LogP contribution in [0.5, 0.6) is 0 Å². The van der Waals surface area contributed by atoms with Gasteiger partial charge in [-0.1, -0.05) is 0 Å². The number of fused-ring (bicyclic) bond motifs is 1. The molecule has 3 heterocycles. The minimum atomic E-state index is -0.0123. The first-order valence-electron chi connectivity index (χ1n) is 7.40. The number of ether oxygens (including phenoxy) is 1. The van der Waals surface area contributed by atoms with Crippen molar-refractivity contribution in [3.05, 3.63) is 11.9 Å². The molecule has 2 aliphatic heterocycles. The first-order chi connectivity index (χ1) is 10.3. The van der Waals surface area contributed by atoms with Crippen molar-refractivity contribution in [2.75, 3.05) is 43.6 Å². The van der Waals surface area contributed by atoms with Gasteiger partial charge in [-0.25, -0.2) is 9.97 Å². The molecule has 21 heavy (non-hydrogen) atoms. The number of anilines is 2. The van der Waals surface area contributed by atoms with Crippen molar-refractivity contribution in [1.82, 2.24) is 15.3 Å². The predicted octanol–water partition coefficient (Wildman–Crippen LogP) is 0.176. The van der Waals surface area contributed by atoms with E-state index in [1.165, 1.54) is 0 Å². The van der Waals surface area contributed by atoms with Crippen LogP contribution in [0.2, 0.25) is 0 Å². The van der Waals surface area contributed by atoms with Gasteiger partial charge in [-0.05, 0) is 25.9 Å². The van der Waals surface area contributed by atoms with Crippen molar-refractivity contribution in [1.29, 1.82) is 0 Å². The standard InChI is InChI=1S/C14H21N5O2/c1-21-7-6-19(10-2-4-15-5-3-10)14-16-9-12-11(18-14)8-13(20)17-12/h9-10,15H,2-8H2,1H3,(H,17,20). The molecule has 0 radical (unpaired) electrons. The Kier molecular flexibility index (Phi) is 4.31. The number of piperidine rings is 1. The monoisotopic (exact) mass is 291 g/mol. The van der Waals surface area contributed by atoms with Gasteiger partial charge in [0.1, 0.15) is 0 Å². The van der Waals surface area contributed by atoms with Crippen LogP contribution < -0.4 is 15.5 Å². The third kappa shape index (κ3) is 3.14. The van der Waals surface area contributed by atoms with E-state index in [4.69, 9.17) is 4.74 Å². The van der Waals surface area contributed by atoms with Crippen LogP contribution in [0.1, 0.15) is 18.5 Å². The fourth-order valence-electron chi connectivity index (χ4n) is 2.88. The molecular formula is C14H21N5O2. The van der Waals surface area contributed by atoms with Gasteiger partial charge in [0.15, 0.2) is 0 Å². The molecule has 0 saturated carbocycles. The van der Waals surface area contributed by atoms with Gasteiger partial charge in [0, 0.05) is 19.7 Å². The van der Waals surface area contributed by atoms with E-state index in [0.717, 1.165) is 43.9 Å². The van der Waals surface area contributed by atoms with Crippen molar-refractivity contribution < 1.29 is 9.53 Å². The molecule has 2 aliphatic rings. The number of methoxy groups -OCH3 is 1. The van der Waals surface area contributed by atoms with Gasteiger partial charge in [0.2, 0.25) is 11.9 Å². The predicted molar refractivity (Wildman–Crippen MR) is 79.5 cm³/mol. The molecule has 0 aromatic carbocycles. The highest BCUT2D eigenvalue weighted by atomic mass is 16.5. The lowest BCUT2D eigenvalue weighted by Crippen LogP contribution is -2.45. The number of amides is 1. The van der Waals surface area contributed by atoms with E-state index < -0.39 is 0 Å². The topological polar surface area (TPSA) is 79.4 Å². The van der Waals surface area contributed by atoms with Crippen LogP contribution in [-0.4, -0.2) is 55.3 Å². The first kappa shape index (κ1) is 14.2. The second-order valence-electron chi connectivity index (χ2n) is 5.42. The first-order valence-corrected chi connectivity index (χ1v) is 7.40. The summed E-state index contributed by atoms with van der Waals surface area (Å²) in [7, 11) is 1.70. The summed E-state index contributed by atoms with van der Waals surface area (Å²) in [5.41, 5.74) is 1.53. The second-order valence-corrected chi connectivity index (χ2v) is 5.42. The van der Waals surface area contributed by atoms with E-state index >= 15 is 0 Å². The van der Waals surface area contributed by atoms with Gasteiger partial charge in [0.05, 0.1) is 30.6 Å². The van der Waals surface area contributed by atoms with Crippen LogP contribution in [0.25, 0.3) is 0 Å². The number of nitrogens with one attached hydrogen (secondary N) is 2. The number of aromatic nitrogens is 2. The molecule has 1 aromatic heterocycles. The van der Waals surface area contributed by atoms with E-state index in [0.29, 0.717) is 25.0 Å². The molecule has 7 nitrogen and oxygen atoms in total. The minimum Gasteiger partial charge on any atom is -0.383 e. The van der Waals surface area contributed by atoms with Gasteiger partial charge in [0.25, 0.3) is 0 Å². The molecule has 0 aliphatic carbocycles. The maximum Gasteiger partial charge on any atom is 0.230 e. The van der Waals surface area contributed by atoms with Crippen molar-refractivity contribution >= 4 is 17.5 Å². The average Bonchev–Trinajstić information content (AvgIpc) is 2.88. The van der Waals surface area contributed by atoms with Crippen LogP contribution in [-0.2, 0) is 16.0 Å². The minimum absolute atomic E-state index is 0.0123. The zero-order valence-electron chi connectivity index (χ0n) is 12.3. The van der Waals surface area contributed by atoms with Crippen LogP contribution in [0.4, 0.5) is 11.6 Å². The Morgan fingerprint density at radius 1 is 1.43 bits per heavy atom. The second kappa shape index (κ2) is 6.36. The summed E-state index contributed by atoms with van der Waals surface area (Å²) < 4.78 is 5.22. The van der Waals surface area contributed by atoms with Crippen molar-refractivity contribution in [2.24, 2.45) is 0 Å². The van der Waals surface area contributed by atoms with Crippen molar-refractivity contribution in [2.45, 2.75) is 25.3 Å². The molecule has 0 atom stereocenters. The van der Waals surface area contributed by atoms with Gasteiger partial charge in [-0.2, -0.15) is 0 Å². The van der Waals surface area contributed by atoms with Gasteiger partial charge in [-0.3, -0.25) is 4.79 Å². The highest BCUT2D eigenvalue weighted by Gasteiger charge is 2.26. The molecule has 1 fully saturated rings. The number of carbonyl (C=O) groups is 1. The van der Waals surface area contributed by atoms with Gasteiger partial charge in [-0.15, -0.1) is 0 Å². The number of hydrogen-bond acceptors (Lipinski definition) is 6. The zero-order valence-corrected chi connectivity index (χ0v) is 12.3. The molecule has 1 saturated heterocycles. The third-order valence-electron chi connectivity index (χ3n) is 4.00. The average molecular weight is 291 g/mol. The molecule has 1 aromatic rings.